The van der Waals surface area contributed by atoms with E-state index in [0.717, 1.165) is 49.5 Å². The SMILES string of the molecule is CC(c1c(Cl)ccc(F)c1Cl)N1CCCc2nnc(Nc3ccc(C4CCNCC4)cc3)cc21. The van der Waals surface area contributed by atoms with Crippen molar-refractivity contribution in [1.82, 2.24) is 15.5 Å². The molecular weight excluding hydrogens is 472 g/mol. The maximum Gasteiger partial charge on any atom is 0.155 e. The summed E-state index contributed by atoms with van der Waals surface area (Å²) in [6.45, 7) is 4.95. The van der Waals surface area contributed by atoms with Crippen molar-refractivity contribution in [3.05, 3.63) is 75.1 Å². The highest BCUT2D eigenvalue weighted by molar-refractivity contribution is 6.36. The highest BCUT2D eigenvalue weighted by Crippen LogP contribution is 2.40. The van der Waals surface area contributed by atoms with E-state index in [9.17, 15) is 4.39 Å². The molecule has 1 saturated heterocycles. The van der Waals surface area contributed by atoms with E-state index in [0.29, 0.717) is 22.3 Å². The van der Waals surface area contributed by atoms with Gasteiger partial charge in [-0.2, -0.15) is 5.10 Å². The molecule has 3 aromatic rings. The fourth-order valence-electron chi connectivity index (χ4n) is 5.06. The highest BCUT2D eigenvalue weighted by atomic mass is 35.5. The molecule has 34 heavy (non-hydrogen) atoms. The predicted octanol–water partition coefficient (Wildman–Crippen LogP) is 6.65. The zero-order valence-corrected chi connectivity index (χ0v) is 20.6. The van der Waals surface area contributed by atoms with Crippen LogP contribution in [0.2, 0.25) is 10.0 Å². The molecule has 0 radical (unpaired) electrons. The summed E-state index contributed by atoms with van der Waals surface area (Å²) in [5.74, 6) is 0.826. The van der Waals surface area contributed by atoms with Crippen molar-refractivity contribution in [2.75, 3.05) is 29.9 Å². The molecule has 5 rings (SSSR count). The topological polar surface area (TPSA) is 53.1 Å². The minimum atomic E-state index is -0.465. The van der Waals surface area contributed by atoms with Crippen molar-refractivity contribution in [2.24, 2.45) is 0 Å². The minimum absolute atomic E-state index is 0.0707. The zero-order valence-electron chi connectivity index (χ0n) is 19.1. The number of fused-ring (bicyclic) bond motifs is 1. The molecule has 0 bridgehead atoms. The lowest BCUT2D eigenvalue weighted by Crippen LogP contribution is -2.33. The summed E-state index contributed by atoms with van der Waals surface area (Å²) in [7, 11) is 0. The first-order chi connectivity index (χ1) is 16.5. The number of anilines is 3. The van der Waals surface area contributed by atoms with Gasteiger partial charge in [-0.1, -0.05) is 35.3 Å². The maximum absolute atomic E-state index is 14.2. The maximum atomic E-state index is 14.2. The molecule has 5 nitrogen and oxygen atoms in total. The van der Waals surface area contributed by atoms with Crippen LogP contribution in [-0.2, 0) is 6.42 Å². The van der Waals surface area contributed by atoms with Gasteiger partial charge >= 0.3 is 0 Å². The summed E-state index contributed by atoms with van der Waals surface area (Å²) in [6, 6.07) is 13.3. The fourth-order valence-corrected chi connectivity index (χ4v) is 5.74. The second-order valence-electron chi connectivity index (χ2n) is 9.06. The van der Waals surface area contributed by atoms with Gasteiger partial charge in [0.25, 0.3) is 0 Å². The van der Waals surface area contributed by atoms with Gasteiger partial charge in [0.2, 0.25) is 0 Å². The van der Waals surface area contributed by atoms with E-state index in [2.05, 4.69) is 50.0 Å². The van der Waals surface area contributed by atoms with Crippen LogP contribution in [0.4, 0.5) is 21.6 Å². The number of benzene rings is 2. The van der Waals surface area contributed by atoms with Crippen LogP contribution in [0.25, 0.3) is 0 Å². The normalized spacial score (nSPS) is 17.4. The Morgan fingerprint density at radius 2 is 1.85 bits per heavy atom. The molecule has 2 aliphatic heterocycles. The van der Waals surface area contributed by atoms with Gasteiger partial charge < -0.3 is 15.5 Å². The Bertz CT molecular complexity index is 1160. The predicted molar refractivity (Wildman–Crippen MR) is 137 cm³/mol. The first-order valence-electron chi connectivity index (χ1n) is 11.9. The first kappa shape index (κ1) is 23.3. The third kappa shape index (κ3) is 4.72. The molecule has 0 spiro atoms. The van der Waals surface area contributed by atoms with Crippen molar-refractivity contribution >= 4 is 40.4 Å². The van der Waals surface area contributed by atoms with Crippen LogP contribution in [0, 0.1) is 5.82 Å². The summed E-state index contributed by atoms with van der Waals surface area (Å²) in [6.07, 6.45) is 4.13. The summed E-state index contributed by atoms with van der Waals surface area (Å²) >= 11 is 12.7. The molecule has 3 heterocycles. The number of halogens is 3. The number of hydrogen-bond acceptors (Lipinski definition) is 5. The first-order valence-corrected chi connectivity index (χ1v) is 12.6. The van der Waals surface area contributed by atoms with Crippen molar-refractivity contribution in [1.29, 1.82) is 0 Å². The van der Waals surface area contributed by atoms with Crippen molar-refractivity contribution in [3.8, 4) is 0 Å². The average molecular weight is 500 g/mol. The molecule has 0 saturated carbocycles. The molecule has 1 unspecified atom stereocenters. The molecule has 2 aromatic carbocycles. The quantitative estimate of drug-likeness (QED) is 0.385. The molecule has 2 aliphatic rings. The standard InChI is InChI=1S/C26H28Cl2FN5/c1-16(25-20(27)8-9-21(29)26(25)28)34-14-2-3-22-23(34)15-24(33-32-22)31-19-6-4-17(5-7-19)18-10-12-30-13-11-18/h4-9,15-16,18,30H,2-3,10-14H2,1H3,(H,31,33). The van der Waals surface area contributed by atoms with E-state index >= 15 is 0 Å². The summed E-state index contributed by atoms with van der Waals surface area (Å²) < 4.78 is 14.2. The molecule has 0 amide bonds. The molecular formula is C26H28Cl2FN5. The van der Waals surface area contributed by atoms with Gasteiger partial charge in [-0.15, -0.1) is 5.10 Å². The third-order valence-electron chi connectivity index (χ3n) is 6.93. The lowest BCUT2D eigenvalue weighted by Gasteiger charge is -2.36. The van der Waals surface area contributed by atoms with Crippen LogP contribution in [0.3, 0.4) is 0 Å². The highest BCUT2D eigenvalue weighted by Gasteiger charge is 2.28. The smallest absolute Gasteiger partial charge is 0.155 e. The van der Waals surface area contributed by atoms with Crippen LogP contribution in [0.5, 0.6) is 0 Å². The Morgan fingerprint density at radius 1 is 1.09 bits per heavy atom. The van der Waals surface area contributed by atoms with Gasteiger partial charge in [-0.25, -0.2) is 4.39 Å². The van der Waals surface area contributed by atoms with Crippen molar-refractivity contribution < 1.29 is 4.39 Å². The number of rotatable bonds is 5. The number of aryl methyl sites for hydroxylation is 1. The summed E-state index contributed by atoms with van der Waals surface area (Å²) in [5, 5.41) is 16.2. The molecule has 1 fully saturated rings. The van der Waals surface area contributed by atoms with Gasteiger partial charge in [0.05, 0.1) is 22.4 Å². The molecule has 2 N–H and O–H groups in total. The van der Waals surface area contributed by atoms with Crippen LogP contribution >= 0.6 is 23.2 Å². The second kappa shape index (κ2) is 10.1. The number of nitrogens with zero attached hydrogens (tertiary/aromatic N) is 3. The van der Waals surface area contributed by atoms with Gasteiger partial charge in [0, 0.05) is 28.9 Å². The van der Waals surface area contributed by atoms with Crippen LogP contribution in [0.15, 0.2) is 42.5 Å². The lowest BCUT2D eigenvalue weighted by atomic mass is 9.90. The van der Waals surface area contributed by atoms with Crippen LogP contribution in [-0.4, -0.2) is 29.8 Å². The third-order valence-corrected chi connectivity index (χ3v) is 7.64. The monoisotopic (exact) mass is 499 g/mol. The Morgan fingerprint density at radius 3 is 2.62 bits per heavy atom. The van der Waals surface area contributed by atoms with E-state index in [1.54, 1.807) is 6.07 Å². The minimum Gasteiger partial charge on any atom is -0.363 e. The van der Waals surface area contributed by atoms with E-state index in [-0.39, 0.29) is 11.1 Å². The Hall–Kier alpha value is -2.41. The van der Waals surface area contributed by atoms with E-state index in [1.807, 2.05) is 13.0 Å². The lowest BCUT2D eigenvalue weighted by molar-refractivity contribution is 0.460. The largest absolute Gasteiger partial charge is 0.363 e. The van der Waals surface area contributed by atoms with Crippen molar-refractivity contribution in [2.45, 2.75) is 44.6 Å². The summed E-state index contributed by atoms with van der Waals surface area (Å²) in [5.41, 5.74) is 4.84. The molecule has 0 aliphatic carbocycles. The van der Waals surface area contributed by atoms with Gasteiger partial charge in [-0.05, 0) is 81.4 Å². The summed E-state index contributed by atoms with van der Waals surface area (Å²) in [4.78, 5) is 2.19. The van der Waals surface area contributed by atoms with E-state index < -0.39 is 5.82 Å². The number of aromatic nitrogens is 2. The van der Waals surface area contributed by atoms with Gasteiger partial charge in [-0.3, -0.25) is 0 Å². The second-order valence-corrected chi connectivity index (χ2v) is 9.85. The van der Waals surface area contributed by atoms with E-state index in [4.69, 9.17) is 23.2 Å². The molecule has 1 atom stereocenters. The van der Waals surface area contributed by atoms with Gasteiger partial charge in [0.15, 0.2) is 5.82 Å². The molecule has 8 heteroatoms. The number of piperidine rings is 1. The molecule has 1 aromatic heterocycles. The Balaban J connectivity index is 1.38. The van der Waals surface area contributed by atoms with Gasteiger partial charge in [0.1, 0.15) is 5.82 Å². The molecule has 178 valence electrons. The Labute approximate surface area is 209 Å². The number of hydrogen-bond donors (Lipinski definition) is 2. The van der Waals surface area contributed by atoms with Crippen LogP contribution in [0.1, 0.15) is 55.0 Å². The average Bonchev–Trinajstić information content (AvgIpc) is 2.87. The van der Waals surface area contributed by atoms with E-state index in [1.165, 1.54) is 24.5 Å². The zero-order chi connectivity index (χ0) is 23.7. The van der Waals surface area contributed by atoms with Crippen LogP contribution < -0.4 is 15.5 Å². The van der Waals surface area contributed by atoms with Crippen molar-refractivity contribution in [3.63, 3.8) is 0 Å². The number of nitrogens with one attached hydrogen (secondary N) is 2. The Kier molecular flexibility index (Phi) is 6.91. The fraction of sp³-hybridized carbons (Fsp3) is 0.385.